The maximum absolute atomic E-state index is 5.11. The molecule has 0 aliphatic rings. The third-order valence-corrected chi connectivity index (χ3v) is 9.57. The van der Waals surface area contributed by atoms with Crippen LogP contribution < -0.4 is 0 Å². The maximum Gasteiger partial charge on any atom is 0.0972 e. The fraction of sp³-hybridized carbons (Fsp3) is 0. The Bertz CT molecular complexity index is 2930. The Balaban J connectivity index is 0.976. The number of nitrogens with zero attached hydrogens (tertiary/aromatic N) is 5. The van der Waals surface area contributed by atoms with Gasteiger partial charge in [-0.25, -0.2) is 15.0 Å². The molecule has 0 aliphatic carbocycles. The molecule has 0 fully saturated rings. The molecule has 10 rings (SSSR count). The van der Waals surface area contributed by atoms with Gasteiger partial charge < -0.3 is 0 Å². The summed E-state index contributed by atoms with van der Waals surface area (Å²) in [5.41, 5.74) is 11.8. The zero-order valence-electron chi connectivity index (χ0n) is 26.8. The summed E-state index contributed by atoms with van der Waals surface area (Å²) in [6.45, 7) is 0. The molecule has 0 bridgehead atoms. The van der Waals surface area contributed by atoms with Crippen molar-refractivity contribution in [2.24, 2.45) is 0 Å². The number of hydrogen-bond acceptors (Lipinski definition) is 5. The van der Waals surface area contributed by atoms with Crippen LogP contribution in [0.4, 0.5) is 0 Å². The van der Waals surface area contributed by atoms with Crippen LogP contribution in [0, 0.1) is 0 Å². The van der Waals surface area contributed by atoms with Gasteiger partial charge in [0.05, 0.1) is 39.1 Å². The Hall–Kier alpha value is -6.85. The molecule has 5 nitrogen and oxygen atoms in total. The van der Waals surface area contributed by atoms with E-state index in [0.29, 0.717) is 0 Å². The van der Waals surface area contributed by atoms with Crippen LogP contribution in [-0.4, -0.2) is 24.9 Å². The monoisotopic (exact) mass is 637 g/mol. The SMILES string of the molecule is c1ccc2c(-c3ccc4ccc(-c5ccc6ccc(-c7ccc(-c8ccc9ccc%10cccnc%10c9n8)cc7)nc6c5)cc4n3)cncc2c1. The van der Waals surface area contributed by atoms with E-state index < -0.39 is 0 Å². The van der Waals surface area contributed by atoms with Gasteiger partial charge in [0.2, 0.25) is 0 Å². The Kier molecular flexibility index (Phi) is 6.42. The number of rotatable bonds is 4. The van der Waals surface area contributed by atoms with Crippen LogP contribution in [0.15, 0.2) is 164 Å². The topological polar surface area (TPSA) is 64.5 Å². The number of hydrogen-bond donors (Lipinski definition) is 0. The molecule has 0 aliphatic heterocycles. The molecule has 5 aromatic heterocycles. The van der Waals surface area contributed by atoms with Gasteiger partial charge >= 0.3 is 0 Å². The van der Waals surface area contributed by atoms with Crippen LogP contribution in [0.2, 0.25) is 0 Å². The number of benzene rings is 5. The molecular formula is C45H27N5. The fourth-order valence-corrected chi connectivity index (χ4v) is 6.92. The van der Waals surface area contributed by atoms with Crippen molar-refractivity contribution in [1.29, 1.82) is 0 Å². The van der Waals surface area contributed by atoms with Crippen molar-refractivity contribution < 1.29 is 0 Å². The number of aromatic nitrogens is 5. The molecule has 0 amide bonds. The first-order valence-electron chi connectivity index (χ1n) is 16.6. The van der Waals surface area contributed by atoms with E-state index in [1.165, 1.54) is 0 Å². The highest BCUT2D eigenvalue weighted by molar-refractivity contribution is 6.03. The molecule has 50 heavy (non-hydrogen) atoms. The van der Waals surface area contributed by atoms with Gasteiger partial charge in [-0.15, -0.1) is 0 Å². The van der Waals surface area contributed by atoms with Crippen LogP contribution in [0.5, 0.6) is 0 Å². The molecule has 0 saturated heterocycles. The summed E-state index contributed by atoms with van der Waals surface area (Å²) in [7, 11) is 0. The summed E-state index contributed by atoms with van der Waals surface area (Å²) in [5.74, 6) is 0. The minimum absolute atomic E-state index is 0.914. The van der Waals surface area contributed by atoms with Crippen LogP contribution in [0.3, 0.4) is 0 Å². The fourth-order valence-electron chi connectivity index (χ4n) is 6.92. The average Bonchev–Trinajstić information content (AvgIpc) is 3.19. The Morgan fingerprint density at radius 3 is 1.64 bits per heavy atom. The smallest absolute Gasteiger partial charge is 0.0972 e. The summed E-state index contributed by atoms with van der Waals surface area (Å²) < 4.78 is 0. The first-order chi connectivity index (χ1) is 24.7. The van der Waals surface area contributed by atoms with E-state index in [2.05, 4.69) is 143 Å². The van der Waals surface area contributed by atoms with Crippen molar-refractivity contribution in [2.45, 2.75) is 0 Å². The molecule has 10 aromatic rings. The zero-order valence-corrected chi connectivity index (χ0v) is 26.8. The highest BCUT2D eigenvalue weighted by Crippen LogP contribution is 2.32. The van der Waals surface area contributed by atoms with Crippen molar-refractivity contribution >= 4 is 54.4 Å². The molecule has 232 valence electrons. The molecule has 5 heteroatoms. The van der Waals surface area contributed by atoms with Gasteiger partial charge in [0.15, 0.2) is 0 Å². The van der Waals surface area contributed by atoms with Crippen LogP contribution >= 0.6 is 0 Å². The van der Waals surface area contributed by atoms with Crippen molar-refractivity contribution in [2.75, 3.05) is 0 Å². The first-order valence-corrected chi connectivity index (χ1v) is 16.6. The van der Waals surface area contributed by atoms with Gasteiger partial charge in [-0.2, -0.15) is 0 Å². The highest BCUT2D eigenvalue weighted by Gasteiger charge is 2.11. The van der Waals surface area contributed by atoms with Crippen molar-refractivity contribution in [3.63, 3.8) is 0 Å². The van der Waals surface area contributed by atoms with Crippen LogP contribution in [0.1, 0.15) is 0 Å². The minimum atomic E-state index is 0.914. The molecule has 5 aromatic carbocycles. The van der Waals surface area contributed by atoms with Crippen molar-refractivity contribution in [3.05, 3.63) is 164 Å². The molecular weight excluding hydrogens is 611 g/mol. The minimum Gasteiger partial charge on any atom is -0.263 e. The van der Waals surface area contributed by atoms with E-state index in [9.17, 15) is 0 Å². The second kappa shape index (κ2) is 11.4. The predicted molar refractivity (Wildman–Crippen MR) is 205 cm³/mol. The third-order valence-electron chi connectivity index (χ3n) is 9.57. The number of fused-ring (bicyclic) bond motifs is 6. The van der Waals surface area contributed by atoms with E-state index in [1.54, 1.807) is 0 Å². The highest BCUT2D eigenvalue weighted by atomic mass is 14.8. The van der Waals surface area contributed by atoms with E-state index in [-0.39, 0.29) is 0 Å². The van der Waals surface area contributed by atoms with E-state index in [4.69, 9.17) is 15.0 Å². The summed E-state index contributed by atoms with van der Waals surface area (Å²) in [5, 5.41) is 6.62. The van der Waals surface area contributed by atoms with Gasteiger partial charge in [-0.3, -0.25) is 9.97 Å². The molecule has 0 radical (unpaired) electrons. The maximum atomic E-state index is 5.11. The largest absolute Gasteiger partial charge is 0.263 e. The lowest BCUT2D eigenvalue weighted by Crippen LogP contribution is -1.90. The molecule has 0 unspecified atom stereocenters. The summed E-state index contributed by atoms with van der Waals surface area (Å²) in [6, 6.07) is 50.6. The Labute approximate surface area is 287 Å². The first kappa shape index (κ1) is 28.2. The molecule has 0 atom stereocenters. The van der Waals surface area contributed by atoms with Crippen LogP contribution in [-0.2, 0) is 0 Å². The second-order valence-corrected chi connectivity index (χ2v) is 12.6. The zero-order chi connectivity index (χ0) is 33.0. The average molecular weight is 638 g/mol. The van der Waals surface area contributed by atoms with Crippen molar-refractivity contribution in [3.8, 4) is 44.9 Å². The van der Waals surface area contributed by atoms with Gasteiger partial charge in [-0.1, -0.05) is 109 Å². The van der Waals surface area contributed by atoms with E-state index in [0.717, 1.165) is 99.3 Å². The molecule has 0 saturated carbocycles. The lowest BCUT2D eigenvalue weighted by atomic mass is 10.00. The van der Waals surface area contributed by atoms with Crippen molar-refractivity contribution in [1.82, 2.24) is 24.9 Å². The van der Waals surface area contributed by atoms with Gasteiger partial charge in [-0.05, 0) is 52.9 Å². The molecule has 0 spiro atoms. The molecule has 5 heterocycles. The Morgan fingerprint density at radius 2 is 0.900 bits per heavy atom. The van der Waals surface area contributed by atoms with E-state index >= 15 is 0 Å². The Morgan fingerprint density at radius 1 is 0.360 bits per heavy atom. The van der Waals surface area contributed by atoms with Gasteiger partial charge in [0.1, 0.15) is 0 Å². The summed E-state index contributed by atoms with van der Waals surface area (Å²) in [4.78, 5) is 24.3. The standard InChI is InChI=1S/C45H27N5/c1-2-6-37-36(4-1)26-46-27-38(37)41-22-18-31-12-16-35(25-43(31)49-41)34-15-11-30-17-20-39(48-42(30)24-34)28-7-9-29(10-8-28)40-21-19-33-14-13-32-5-3-23-47-44(32)45(33)50-40/h1-27H. The van der Waals surface area contributed by atoms with E-state index in [1.807, 2.05) is 30.7 Å². The quantitative estimate of drug-likeness (QED) is 0.180. The summed E-state index contributed by atoms with van der Waals surface area (Å²) >= 11 is 0. The number of pyridine rings is 5. The second-order valence-electron chi connectivity index (χ2n) is 12.6. The lowest BCUT2D eigenvalue weighted by molar-refractivity contribution is 1.33. The van der Waals surface area contributed by atoms with Crippen LogP contribution in [0.25, 0.3) is 99.3 Å². The molecule has 0 N–H and O–H groups in total. The normalized spacial score (nSPS) is 11.6. The van der Waals surface area contributed by atoms with Gasteiger partial charge in [0, 0.05) is 62.2 Å². The third kappa shape index (κ3) is 4.83. The lowest BCUT2D eigenvalue weighted by Gasteiger charge is -2.10. The predicted octanol–water partition coefficient (Wildman–Crippen LogP) is 11.1. The summed E-state index contributed by atoms with van der Waals surface area (Å²) in [6.07, 6.45) is 5.62. The van der Waals surface area contributed by atoms with Gasteiger partial charge in [0.25, 0.3) is 0 Å².